The Kier molecular flexibility index (Phi) is 7.53. The molecule has 0 radical (unpaired) electrons. The summed E-state index contributed by atoms with van der Waals surface area (Å²) < 4.78 is 37.2. The Bertz CT molecular complexity index is 419. The van der Waals surface area contributed by atoms with Gasteiger partial charge in [0.05, 0.1) is 13.2 Å². The van der Waals surface area contributed by atoms with E-state index in [-0.39, 0.29) is 18.6 Å². The number of carbonyl (C=O) groups excluding carboxylic acids is 1. The SMILES string of the molecule is COCCOCC(=O)N1CCC(NS(=O)(=O)N(C)C)CC1. The van der Waals surface area contributed by atoms with Gasteiger partial charge in [-0.3, -0.25) is 4.79 Å². The van der Waals surface area contributed by atoms with Crippen LogP contribution in [0.5, 0.6) is 0 Å². The largest absolute Gasteiger partial charge is 0.382 e. The first-order valence-corrected chi connectivity index (χ1v) is 8.35. The van der Waals surface area contributed by atoms with E-state index in [2.05, 4.69) is 4.72 Å². The van der Waals surface area contributed by atoms with Gasteiger partial charge in [0.15, 0.2) is 0 Å². The Hall–Kier alpha value is -0.740. The maximum absolute atomic E-state index is 11.9. The van der Waals surface area contributed by atoms with Gasteiger partial charge in [0, 0.05) is 40.3 Å². The van der Waals surface area contributed by atoms with Crippen LogP contribution in [0.3, 0.4) is 0 Å². The molecule has 1 saturated heterocycles. The highest BCUT2D eigenvalue weighted by Crippen LogP contribution is 2.12. The fourth-order valence-corrected chi connectivity index (χ4v) is 2.82. The highest BCUT2D eigenvalue weighted by atomic mass is 32.2. The van der Waals surface area contributed by atoms with E-state index < -0.39 is 10.2 Å². The van der Waals surface area contributed by atoms with E-state index in [1.165, 1.54) is 14.1 Å². The first kappa shape index (κ1) is 18.3. The lowest BCUT2D eigenvalue weighted by Crippen LogP contribution is -2.49. The van der Waals surface area contributed by atoms with Gasteiger partial charge in [0.2, 0.25) is 5.91 Å². The van der Waals surface area contributed by atoms with Crippen LogP contribution in [-0.2, 0) is 24.5 Å². The van der Waals surface area contributed by atoms with Crippen molar-refractivity contribution in [2.45, 2.75) is 18.9 Å². The molecule has 0 spiro atoms. The van der Waals surface area contributed by atoms with Crippen molar-refractivity contribution < 1.29 is 22.7 Å². The first-order valence-electron chi connectivity index (χ1n) is 6.91. The fourth-order valence-electron chi connectivity index (χ4n) is 1.96. The van der Waals surface area contributed by atoms with Gasteiger partial charge in [0.1, 0.15) is 6.61 Å². The Morgan fingerprint density at radius 3 is 2.43 bits per heavy atom. The molecule has 0 bridgehead atoms. The smallest absolute Gasteiger partial charge is 0.279 e. The van der Waals surface area contributed by atoms with Crippen LogP contribution < -0.4 is 4.72 Å². The molecule has 0 aromatic carbocycles. The molecule has 1 aliphatic rings. The second kappa shape index (κ2) is 8.64. The van der Waals surface area contributed by atoms with Crippen LogP contribution in [0.25, 0.3) is 0 Å². The molecule has 21 heavy (non-hydrogen) atoms. The summed E-state index contributed by atoms with van der Waals surface area (Å²) in [5.41, 5.74) is 0. The second-order valence-electron chi connectivity index (χ2n) is 5.11. The van der Waals surface area contributed by atoms with Crippen LogP contribution >= 0.6 is 0 Å². The molecule has 1 heterocycles. The molecule has 0 unspecified atom stereocenters. The molecule has 0 aromatic heterocycles. The molecule has 124 valence electrons. The number of hydrogen-bond acceptors (Lipinski definition) is 5. The lowest BCUT2D eigenvalue weighted by atomic mass is 10.1. The fraction of sp³-hybridized carbons (Fsp3) is 0.917. The maximum atomic E-state index is 11.9. The predicted molar refractivity (Wildman–Crippen MR) is 78.0 cm³/mol. The van der Waals surface area contributed by atoms with Gasteiger partial charge in [-0.05, 0) is 12.8 Å². The van der Waals surface area contributed by atoms with E-state index in [1.807, 2.05) is 0 Å². The number of ether oxygens (including phenoxy) is 2. The number of nitrogens with zero attached hydrogens (tertiary/aromatic N) is 2. The Labute approximate surface area is 126 Å². The van der Waals surface area contributed by atoms with Crippen LogP contribution in [0.2, 0.25) is 0 Å². The molecule has 0 aromatic rings. The molecule has 8 nitrogen and oxygen atoms in total. The minimum absolute atomic E-state index is 0.0391. The van der Waals surface area contributed by atoms with Gasteiger partial charge in [-0.1, -0.05) is 0 Å². The van der Waals surface area contributed by atoms with E-state index in [0.29, 0.717) is 39.1 Å². The van der Waals surface area contributed by atoms with E-state index in [0.717, 1.165) is 4.31 Å². The van der Waals surface area contributed by atoms with Crippen molar-refractivity contribution in [3.63, 3.8) is 0 Å². The van der Waals surface area contributed by atoms with Crippen molar-refractivity contribution in [3.8, 4) is 0 Å². The van der Waals surface area contributed by atoms with Gasteiger partial charge in [0.25, 0.3) is 10.2 Å². The quantitative estimate of drug-likeness (QED) is 0.581. The molecule has 1 N–H and O–H groups in total. The van der Waals surface area contributed by atoms with Crippen LogP contribution in [-0.4, -0.2) is 83.7 Å². The number of likely N-dealkylation sites (tertiary alicyclic amines) is 1. The number of amides is 1. The van der Waals surface area contributed by atoms with E-state index >= 15 is 0 Å². The third kappa shape index (κ3) is 6.27. The molecular formula is C12H25N3O5S. The standard InChI is InChI=1S/C12H25N3O5S/c1-14(2)21(17,18)13-11-4-6-15(7-5-11)12(16)10-20-9-8-19-3/h11,13H,4-10H2,1-3H3. The molecule has 1 aliphatic heterocycles. The molecule has 0 atom stereocenters. The van der Waals surface area contributed by atoms with Crippen molar-refractivity contribution in [1.82, 2.24) is 13.9 Å². The summed E-state index contributed by atoms with van der Waals surface area (Å²) in [6, 6.07) is -0.129. The van der Waals surface area contributed by atoms with Crippen molar-refractivity contribution in [2.24, 2.45) is 0 Å². The van der Waals surface area contributed by atoms with Crippen LogP contribution in [0.4, 0.5) is 0 Å². The number of hydrogen-bond donors (Lipinski definition) is 1. The average Bonchev–Trinajstić information content (AvgIpc) is 2.43. The zero-order valence-electron chi connectivity index (χ0n) is 12.9. The minimum Gasteiger partial charge on any atom is -0.382 e. The maximum Gasteiger partial charge on any atom is 0.279 e. The second-order valence-corrected chi connectivity index (χ2v) is 7.02. The van der Waals surface area contributed by atoms with Crippen LogP contribution in [0.15, 0.2) is 0 Å². The molecule has 1 rings (SSSR count). The van der Waals surface area contributed by atoms with E-state index in [1.54, 1.807) is 12.0 Å². The molecule has 1 amide bonds. The summed E-state index contributed by atoms with van der Waals surface area (Å²) in [6.45, 7) is 1.96. The molecule has 9 heteroatoms. The highest BCUT2D eigenvalue weighted by Gasteiger charge is 2.26. The average molecular weight is 323 g/mol. The van der Waals surface area contributed by atoms with Gasteiger partial charge in [-0.25, -0.2) is 0 Å². The minimum atomic E-state index is -3.41. The van der Waals surface area contributed by atoms with Crippen molar-refractivity contribution >= 4 is 16.1 Å². The monoisotopic (exact) mass is 323 g/mol. The van der Waals surface area contributed by atoms with Gasteiger partial charge in [-0.2, -0.15) is 17.4 Å². The number of nitrogens with one attached hydrogen (secondary N) is 1. The summed E-state index contributed by atoms with van der Waals surface area (Å²) in [5, 5.41) is 0. The number of methoxy groups -OCH3 is 1. The lowest BCUT2D eigenvalue weighted by molar-refractivity contribution is -0.137. The zero-order valence-corrected chi connectivity index (χ0v) is 13.7. The Morgan fingerprint density at radius 2 is 1.90 bits per heavy atom. The van der Waals surface area contributed by atoms with E-state index in [9.17, 15) is 13.2 Å². The molecule has 1 fully saturated rings. The zero-order chi connectivity index (χ0) is 15.9. The molecule has 0 aliphatic carbocycles. The summed E-state index contributed by atoms with van der Waals surface area (Å²) >= 11 is 0. The summed E-state index contributed by atoms with van der Waals surface area (Å²) in [7, 11) is 1.13. The summed E-state index contributed by atoms with van der Waals surface area (Å²) in [5.74, 6) is -0.0694. The molecular weight excluding hydrogens is 298 g/mol. The number of carbonyl (C=O) groups is 1. The Morgan fingerprint density at radius 1 is 1.29 bits per heavy atom. The number of rotatable bonds is 8. The third-order valence-electron chi connectivity index (χ3n) is 3.30. The topological polar surface area (TPSA) is 88.2 Å². The van der Waals surface area contributed by atoms with Gasteiger partial charge in [-0.15, -0.1) is 0 Å². The molecule has 0 saturated carbocycles. The summed E-state index contributed by atoms with van der Waals surface area (Å²) in [6.07, 6.45) is 1.22. The van der Waals surface area contributed by atoms with Crippen molar-refractivity contribution in [1.29, 1.82) is 0 Å². The van der Waals surface area contributed by atoms with Gasteiger partial charge >= 0.3 is 0 Å². The first-order chi connectivity index (χ1) is 9.86. The summed E-state index contributed by atoms with van der Waals surface area (Å²) in [4.78, 5) is 13.6. The van der Waals surface area contributed by atoms with Crippen molar-refractivity contribution in [3.05, 3.63) is 0 Å². The normalized spacial score (nSPS) is 17.4. The Balaban J connectivity index is 2.30. The van der Waals surface area contributed by atoms with Gasteiger partial charge < -0.3 is 14.4 Å². The highest BCUT2D eigenvalue weighted by molar-refractivity contribution is 7.87. The lowest BCUT2D eigenvalue weighted by Gasteiger charge is -2.32. The van der Waals surface area contributed by atoms with E-state index in [4.69, 9.17) is 9.47 Å². The van der Waals surface area contributed by atoms with Crippen LogP contribution in [0.1, 0.15) is 12.8 Å². The van der Waals surface area contributed by atoms with Crippen molar-refractivity contribution in [2.75, 3.05) is 54.1 Å². The predicted octanol–water partition coefficient (Wildman–Crippen LogP) is -0.964. The third-order valence-corrected chi connectivity index (χ3v) is 4.89. The number of piperidine rings is 1. The van der Waals surface area contributed by atoms with Crippen LogP contribution in [0, 0.1) is 0 Å².